The van der Waals surface area contributed by atoms with E-state index in [9.17, 15) is 4.79 Å². The summed E-state index contributed by atoms with van der Waals surface area (Å²) in [6, 6.07) is 0.125. The molecule has 1 atom stereocenters. The monoisotopic (exact) mass is 154 g/mol. The molecule has 0 aromatic carbocycles. The van der Waals surface area contributed by atoms with Crippen LogP contribution in [0.5, 0.6) is 0 Å². The third kappa shape index (κ3) is 1.66. The van der Waals surface area contributed by atoms with Crippen LogP contribution in [0.15, 0.2) is 4.99 Å². The second-order valence-corrected chi connectivity index (χ2v) is 3.86. The highest BCUT2D eigenvalue weighted by atomic mass is 16.1. The normalized spacial score (nSPS) is 25.0. The summed E-state index contributed by atoms with van der Waals surface area (Å²) in [5.74, 6) is 0. The van der Waals surface area contributed by atoms with Crippen molar-refractivity contribution < 1.29 is 4.79 Å². The molecule has 3 heteroatoms. The Morgan fingerprint density at radius 3 is 2.64 bits per heavy atom. The summed E-state index contributed by atoms with van der Waals surface area (Å²) in [5.41, 5.74) is 0.730. The van der Waals surface area contributed by atoms with Gasteiger partial charge in [-0.05, 0) is 5.41 Å². The van der Waals surface area contributed by atoms with E-state index < -0.39 is 0 Å². The first-order valence-corrected chi connectivity index (χ1v) is 3.78. The molecule has 0 radical (unpaired) electrons. The molecule has 1 aliphatic rings. The molecule has 1 unspecified atom stereocenters. The molecule has 0 amide bonds. The van der Waals surface area contributed by atoms with Gasteiger partial charge in [-0.2, -0.15) is 0 Å². The van der Waals surface area contributed by atoms with E-state index in [-0.39, 0.29) is 11.5 Å². The third-order valence-electron chi connectivity index (χ3n) is 1.84. The Balaban J connectivity index is 2.75. The molecular weight excluding hydrogens is 140 g/mol. The van der Waals surface area contributed by atoms with Crippen molar-refractivity contribution in [2.45, 2.75) is 26.8 Å². The van der Waals surface area contributed by atoms with Crippen molar-refractivity contribution in [3.63, 3.8) is 0 Å². The van der Waals surface area contributed by atoms with Gasteiger partial charge in [-0.1, -0.05) is 20.8 Å². The Bertz CT molecular complexity index is 191. The van der Waals surface area contributed by atoms with Crippen LogP contribution in [0.2, 0.25) is 0 Å². The van der Waals surface area contributed by atoms with E-state index in [1.165, 1.54) is 0 Å². The lowest BCUT2D eigenvalue weighted by Gasteiger charge is -2.26. The van der Waals surface area contributed by atoms with Gasteiger partial charge in [0.15, 0.2) is 6.29 Å². The highest BCUT2D eigenvalue weighted by Crippen LogP contribution is 2.21. The van der Waals surface area contributed by atoms with Crippen LogP contribution in [0.25, 0.3) is 0 Å². The topological polar surface area (TPSA) is 41.5 Å². The number of carbonyl (C=O) groups excluding carboxylic acids is 1. The van der Waals surface area contributed by atoms with Crippen LogP contribution in [0.4, 0.5) is 0 Å². The number of carbonyl (C=O) groups is 1. The zero-order chi connectivity index (χ0) is 8.48. The van der Waals surface area contributed by atoms with Gasteiger partial charge in [-0.25, -0.2) is 0 Å². The maximum Gasteiger partial charge on any atom is 0.165 e. The van der Waals surface area contributed by atoms with Crippen LogP contribution < -0.4 is 5.32 Å². The van der Waals surface area contributed by atoms with Crippen molar-refractivity contribution in [2.24, 2.45) is 10.4 Å². The van der Waals surface area contributed by atoms with Gasteiger partial charge in [0.05, 0.1) is 18.4 Å². The minimum atomic E-state index is 0.0796. The Labute approximate surface area is 66.9 Å². The summed E-state index contributed by atoms with van der Waals surface area (Å²) in [7, 11) is 0. The predicted octanol–water partition coefficient (Wildman–Crippen LogP) is 0.602. The molecule has 0 aliphatic carbocycles. The van der Waals surface area contributed by atoms with Gasteiger partial charge in [-0.15, -0.1) is 0 Å². The maximum absolute atomic E-state index is 10.5. The molecule has 62 valence electrons. The lowest BCUT2D eigenvalue weighted by atomic mass is 9.85. The van der Waals surface area contributed by atoms with Gasteiger partial charge in [-0.3, -0.25) is 15.1 Å². The van der Waals surface area contributed by atoms with Crippen molar-refractivity contribution in [3.8, 4) is 0 Å². The van der Waals surface area contributed by atoms with E-state index in [2.05, 4.69) is 31.1 Å². The number of rotatable bonds is 1. The summed E-state index contributed by atoms with van der Waals surface area (Å²) in [6.45, 7) is 6.86. The molecule has 1 aliphatic heterocycles. The van der Waals surface area contributed by atoms with Crippen molar-refractivity contribution in [1.29, 1.82) is 0 Å². The molecule has 0 fully saturated rings. The lowest BCUT2D eigenvalue weighted by molar-refractivity contribution is -0.102. The lowest BCUT2D eigenvalue weighted by Crippen LogP contribution is -2.42. The standard InChI is InChI=1S/C8H14N2O/c1-8(2,3)7-6(4-11)9-5-10-7/h4,7,10H,5H2,1-3H3. The van der Waals surface area contributed by atoms with Crippen LogP contribution in [0.1, 0.15) is 20.8 Å². The van der Waals surface area contributed by atoms with Crippen LogP contribution in [0.3, 0.4) is 0 Å². The fourth-order valence-electron chi connectivity index (χ4n) is 1.28. The van der Waals surface area contributed by atoms with Crippen molar-refractivity contribution >= 4 is 12.0 Å². The Morgan fingerprint density at radius 2 is 2.27 bits per heavy atom. The van der Waals surface area contributed by atoms with Crippen molar-refractivity contribution in [1.82, 2.24) is 5.32 Å². The third-order valence-corrected chi connectivity index (χ3v) is 1.84. The van der Waals surface area contributed by atoms with Gasteiger partial charge in [0, 0.05) is 0 Å². The summed E-state index contributed by atoms with van der Waals surface area (Å²) in [6.07, 6.45) is 0.843. The van der Waals surface area contributed by atoms with Crippen molar-refractivity contribution in [3.05, 3.63) is 0 Å². The van der Waals surface area contributed by atoms with Crippen LogP contribution in [-0.4, -0.2) is 24.7 Å². The highest BCUT2D eigenvalue weighted by Gasteiger charge is 2.31. The summed E-state index contributed by atoms with van der Waals surface area (Å²) in [5, 5.41) is 3.16. The molecule has 0 aromatic rings. The summed E-state index contributed by atoms with van der Waals surface area (Å²) in [4.78, 5) is 14.5. The fraction of sp³-hybridized carbons (Fsp3) is 0.750. The molecule has 3 nitrogen and oxygen atoms in total. The van der Waals surface area contributed by atoms with Crippen LogP contribution in [-0.2, 0) is 4.79 Å². The minimum Gasteiger partial charge on any atom is -0.296 e. The number of hydrogen-bond acceptors (Lipinski definition) is 3. The van der Waals surface area contributed by atoms with E-state index in [1.807, 2.05) is 0 Å². The Morgan fingerprint density at radius 1 is 1.64 bits per heavy atom. The van der Waals surface area contributed by atoms with E-state index in [4.69, 9.17) is 0 Å². The van der Waals surface area contributed by atoms with E-state index in [1.54, 1.807) is 0 Å². The molecule has 1 rings (SSSR count). The predicted molar refractivity (Wildman–Crippen MR) is 44.7 cm³/mol. The number of nitrogens with zero attached hydrogens (tertiary/aromatic N) is 1. The SMILES string of the molecule is CC(C)(C)C1NCN=C1C=O. The maximum atomic E-state index is 10.5. The van der Waals surface area contributed by atoms with Crippen LogP contribution >= 0.6 is 0 Å². The molecule has 1 N–H and O–H groups in total. The Kier molecular flexibility index (Phi) is 2.09. The molecule has 0 spiro atoms. The quantitative estimate of drug-likeness (QED) is 0.562. The van der Waals surface area contributed by atoms with Gasteiger partial charge >= 0.3 is 0 Å². The molecule has 0 saturated heterocycles. The molecule has 0 bridgehead atoms. The molecule has 11 heavy (non-hydrogen) atoms. The molecule has 0 saturated carbocycles. The van der Waals surface area contributed by atoms with E-state index in [0.717, 1.165) is 6.29 Å². The minimum absolute atomic E-state index is 0.0796. The Hall–Kier alpha value is -0.700. The number of aldehydes is 1. The number of nitrogens with one attached hydrogen (secondary N) is 1. The van der Waals surface area contributed by atoms with Gasteiger partial charge in [0.25, 0.3) is 0 Å². The van der Waals surface area contributed by atoms with E-state index >= 15 is 0 Å². The number of hydrogen-bond donors (Lipinski definition) is 1. The zero-order valence-corrected chi connectivity index (χ0v) is 7.22. The smallest absolute Gasteiger partial charge is 0.165 e. The molecule has 1 heterocycles. The van der Waals surface area contributed by atoms with Crippen molar-refractivity contribution in [2.75, 3.05) is 6.67 Å². The average molecular weight is 154 g/mol. The second-order valence-electron chi connectivity index (χ2n) is 3.86. The first kappa shape index (κ1) is 8.40. The average Bonchev–Trinajstić information content (AvgIpc) is 2.31. The zero-order valence-electron chi connectivity index (χ0n) is 7.22. The van der Waals surface area contributed by atoms with Gasteiger partial charge in [0.2, 0.25) is 0 Å². The number of aliphatic imine (C=N–C) groups is 1. The highest BCUT2D eigenvalue weighted by molar-refractivity contribution is 6.31. The first-order chi connectivity index (χ1) is 5.05. The largest absolute Gasteiger partial charge is 0.296 e. The van der Waals surface area contributed by atoms with E-state index in [0.29, 0.717) is 12.4 Å². The summed E-state index contributed by atoms with van der Waals surface area (Å²) < 4.78 is 0. The summed E-state index contributed by atoms with van der Waals surface area (Å²) >= 11 is 0. The first-order valence-electron chi connectivity index (χ1n) is 3.78. The van der Waals surface area contributed by atoms with Crippen LogP contribution in [0, 0.1) is 5.41 Å². The molecular formula is C8H14N2O. The fourth-order valence-corrected chi connectivity index (χ4v) is 1.28. The van der Waals surface area contributed by atoms with Gasteiger partial charge in [0.1, 0.15) is 0 Å². The second kappa shape index (κ2) is 2.74. The van der Waals surface area contributed by atoms with Gasteiger partial charge < -0.3 is 0 Å². The molecule has 0 aromatic heterocycles.